The molecule has 0 aliphatic heterocycles. The summed E-state index contributed by atoms with van der Waals surface area (Å²) in [5, 5.41) is 0. The molecule has 6 heteroatoms. The van der Waals surface area contributed by atoms with Gasteiger partial charge in [-0.05, 0) is 109 Å². The number of ether oxygens (including phenoxy) is 3. The van der Waals surface area contributed by atoms with E-state index in [1.807, 2.05) is 6.08 Å². The molecule has 0 bridgehead atoms. The first-order chi connectivity index (χ1) is 33.0. The van der Waals surface area contributed by atoms with Crippen LogP contribution in [0.15, 0.2) is 85.1 Å². The molecular formula is C61H104O6. The quantitative estimate of drug-likeness (QED) is 0.0262. The summed E-state index contributed by atoms with van der Waals surface area (Å²) in [4.78, 5) is 38.1. The Balaban J connectivity index is 4.51. The normalized spacial score (nSPS) is 12.7. The van der Waals surface area contributed by atoms with Crippen molar-refractivity contribution in [2.24, 2.45) is 0 Å². The lowest BCUT2D eigenvalue weighted by Crippen LogP contribution is -2.30. The minimum atomic E-state index is -0.812. The monoisotopic (exact) mass is 933 g/mol. The zero-order valence-electron chi connectivity index (χ0n) is 43.9. The summed E-state index contributed by atoms with van der Waals surface area (Å²) in [6.07, 6.45) is 71.5. The average molecular weight is 933 g/mol. The van der Waals surface area contributed by atoms with Crippen LogP contribution in [0.5, 0.6) is 0 Å². The number of allylic oxidation sites excluding steroid dienone is 14. The van der Waals surface area contributed by atoms with Gasteiger partial charge in [0.1, 0.15) is 13.2 Å². The third kappa shape index (κ3) is 53.4. The van der Waals surface area contributed by atoms with Gasteiger partial charge in [-0.2, -0.15) is 0 Å². The van der Waals surface area contributed by atoms with E-state index in [0.29, 0.717) is 19.3 Å². The highest BCUT2D eigenvalue weighted by Crippen LogP contribution is 2.14. The molecule has 0 saturated heterocycles. The fourth-order valence-corrected chi connectivity index (χ4v) is 7.59. The van der Waals surface area contributed by atoms with Gasteiger partial charge in [-0.3, -0.25) is 14.4 Å². The molecule has 0 fully saturated rings. The Bertz CT molecular complexity index is 1300. The fraction of sp³-hybridized carbons (Fsp3) is 0.721. The average Bonchev–Trinajstić information content (AvgIpc) is 3.33. The number of hydrogen-bond acceptors (Lipinski definition) is 6. The maximum absolute atomic E-state index is 12.8. The number of hydrogen-bond donors (Lipinski definition) is 0. The number of carbonyl (C=O) groups excluding carboxylic acids is 3. The standard InChI is InChI=1S/C61H104O6/c1-4-7-10-13-16-19-22-25-28-29-30-31-34-36-39-42-45-48-51-54-60(63)66-57-58(67-61(64)55-52-49-46-43-40-37-33-27-24-21-18-15-12-9-6-3)56-65-59(62)53-50-47-44-41-38-35-32-26-23-20-17-14-11-8-5-2/h16,19,21,24-26,28,30-32,36,39,45,48,58H,4-15,17-18,20,22-23,27,29,33-35,37-38,40-44,46-47,49-57H2,1-3H3/b19-16-,24-21-,28-25-,31-30-,32-26-,39-36-,48-45-/t58-/m0/s1. The third-order valence-electron chi connectivity index (χ3n) is 11.9. The molecule has 0 saturated carbocycles. The lowest BCUT2D eigenvalue weighted by atomic mass is 10.1. The molecule has 0 radical (unpaired) electrons. The van der Waals surface area contributed by atoms with Crippen LogP contribution in [-0.4, -0.2) is 37.2 Å². The van der Waals surface area contributed by atoms with Crippen molar-refractivity contribution in [3.8, 4) is 0 Å². The third-order valence-corrected chi connectivity index (χ3v) is 11.9. The van der Waals surface area contributed by atoms with Gasteiger partial charge in [0.25, 0.3) is 0 Å². The zero-order valence-corrected chi connectivity index (χ0v) is 43.9. The Hall–Kier alpha value is -3.41. The van der Waals surface area contributed by atoms with Crippen LogP contribution in [0.2, 0.25) is 0 Å². The van der Waals surface area contributed by atoms with E-state index in [2.05, 4.69) is 99.8 Å². The second-order valence-electron chi connectivity index (χ2n) is 18.5. The van der Waals surface area contributed by atoms with Crippen LogP contribution in [0.4, 0.5) is 0 Å². The summed E-state index contributed by atoms with van der Waals surface area (Å²) >= 11 is 0. The SMILES string of the molecule is CCCCC/C=C\C/C=C\C/C=C\C/C=C\C/C=C\CCC(=O)OC[C@H](COC(=O)CCCCCCC/C=C\CCCCCCCC)OC(=O)CCCCCCCCC/C=C\CCCCCC. The molecule has 6 nitrogen and oxygen atoms in total. The fourth-order valence-electron chi connectivity index (χ4n) is 7.59. The van der Waals surface area contributed by atoms with Crippen LogP contribution in [0, 0.1) is 0 Å². The van der Waals surface area contributed by atoms with Gasteiger partial charge in [0, 0.05) is 19.3 Å². The minimum absolute atomic E-state index is 0.105. The van der Waals surface area contributed by atoms with Gasteiger partial charge in [0.05, 0.1) is 0 Å². The van der Waals surface area contributed by atoms with Gasteiger partial charge in [-0.25, -0.2) is 0 Å². The number of carbonyl (C=O) groups is 3. The molecule has 1 atom stereocenters. The van der Waals surface area contributed by atoms with E-state index >= 15 is 0 Å². The Kier molecular flexibility index (Phi) is 52.4. The van der Waals surface area contributed by atoms with Crippen LogP contribution < -0.4 is 0 Å². The summed E-state index contributed by atoms with van der Waals surface area (Å²) < 4.78 is 16.8. The largest absolute Gasteiger partial charge is 0.462 e. The predicted molar refractivity (Wildman–Crippen MR) is 288 cm³/mol. The molecule has 0 aliphatic rings. The molecule has 0 unspecified atom stereocenters. The van der Waals surface area contributed by atoms with Gasteiger partial charge < -0.3 is 14.2 Å². The second kappa shape index (κ2) is 55.2. The second-order valence-corrected chi connectivity index (χ2v) is 18.5. The predicted octanol–water partition coefficient (Wildman–Crippen LogP) is 18.8. The number of unbranched alkanes of at least 4 members (excludes halogenated alkanes) is 25. The molecule has 0 aromatic rings. The van der Waals surface area contributed by atoms with Crippen LogP contribution in [0.1, 0.15) is 265 Å². The first-order valence-electron chi connectivity index (χ1n) is 28.1. The van der Waals surface area contributed by atoms with Gasteiger partial charge in [0.2, 0.25) is 0 Å². The molecule has 0 aromatic heterocycles. The molecule has 0 spiro atoms. The summed E-state index contributed by atoms with van der Waals surface area (Å²) in [5.74, 6) is -1.00. The molecular weight excluding hydrogens is 829 g/mol. The minimum Gasteiger partial charge on any atom is -0.462 e. The zero-order chi connectivity index (χ0) is 48.6. The summed E-state index contributed by atoms with van der Waals surface area (Å²) in [5.41, 5.74) is 0. The Morgan fingerprint density at radius 1 is 0.299 bits per heavy atom. The van der Waals surface area contributed by atoms with E-state index in [-0.39, 0.29) is 37.5 Å². The van der Waals surface area contributed by atoms with Gasteiger partial charge in [-0.15, -0.1) is 0 Å². The van der Waals surface area contributed by atoms with Crippen molar-refractivity contribution < 1.29 is 28.6 Å². The molecule has 0 rings (SSSR count). The van der Waals surface area contributed by atoms with E-state index < -0.39 is 6.10 Å². The van der Waals surface area contributed by atoms with Crippen molar-refractivity contribution in [1.29, 1.82) is 0 Å². The van der Waals surface area contributed by atoms with E-state index in [9.17, 15) is 14.4 Å². The lowest BCUT2D eigenvalue weighted by molar-refractivity contribution is -0.166. The van der Waals surface area contributed by atoms with E-state index in [1.165, 1.54) is 141 Å². The molecule has 0 amide bonds. The molecule has 67 heavy (non-hydrogen) atoms. The maximum Gasteiger partial charge on any atom is 0.306 e. The highest BCUT2D eigenvalue weighted by atomic mass is 16.6. The van der Waals surface area contributed by atoms with Gasteiger partial charge in [-0.1, -0.05) is 221 Å². The smallest absolute Gasteiger partial charge is 0.306 e. The van der Waals surface area contributed by atoms with Crippen molar-refractivity contribution in [3.05, 3.63) is 85.1 Å². The molecule has 384 valence electrons. The summed E-state index contributed by atoms with van der Waals surface area (Å²) in [6, 6.07) is 0. The Morgan fingerprint density at radius 2 is 0.567 bits per heavy atom. The van der Waals surface area contributed by atoms with Crippen LogP contribution in [0.3, 0.4) is 0 Å². The van der Waals surface area contributed by atoms with Crippen molar-refractivity contribution in [1.82, 2.24) is 0 Å². The lowest BCUT2D eigenvalue weighted by Gasteiger charge is -2.18. The van der Waals surface area contributed by atoms with E-state index in [0.717, 1.165) is 77.0 Å². The maximum atomic E-state index is 12.8. The van der Waals surface area contributed by atoms with E-state index in [1.54, 1.807) is 0 Å². The highest BCUT2D eigenvalue weighted by Gasteiger charge is 2.19. The number of rotatable bonds is 50. The van der Waals surface area contributed by atoms with Gasteiger partial charge in [0.15, 0.2) is 6.10 Å². The number of esters is 3. The van der Waals surface area contributed by atoms with E-state index in [4.69, 9.17) is 14.2 Å². The van der Waals surface area contributed by atoms with Gasteiger partial charge >= 0.3 is 17.9 Å². The first kappa shape index (κ1) is 63.6. The Labute approximate surface area is 414 Å². The molecule has 0 N–H and O–H groups in total. The van der Waals surface area contributed by atoms with Crippen molar-refractivity contribution in [2.75, 3.05) is 13.2 Å². The van der Waals surface area contributed by atoms with Crippen molar-refractivity contribution in [3.63, 3.8) is 0 Å². The summed E-state index contributed by atoms with van der Waals surface area (Å²) in [6.45, 7) is 6.53. The molecule has 0 aromatic carbocycles. The van der Waals surface area contributed by atoms with Crippen molar-refractivity contribution >= 4 is 17.9 Å². The van der Waals surface area contributed by atoms with Crippen LogP contribution >= 0.6 is 0 Å². The van der Waals surface area contributed by atoms with Crippen LogP contribution in [-0.2, 0) is 28.6 Å². The van der Waals surface area contributed by atoms with Crippen LogP contribution in [0.25, 0.3) is 0 Å². The summed E-state index contributed by atoms with van der Waals surface area (Å²) in [7, 11) is 0. The Morgan fingerprint density at radius 3 is 0.985 bits per heavy atom. The van der Waals surface area contributed by atoms with Crippen molar-refractivity contribution in [2.45, 2.75) is 271 Å². The highest BCUT2D eigenvalue weighted by molar-refractivity contribution is 5.71. The topological polar surface area (TPSA) is 78.9 Å². The molecule has 0 heterocycles. The first-order valence-corrected chi connectivity index (χ1v) is 28.1. The molecule has 0 aliphatic carbocycles.